The Morgan fingerprint density at radius 2 is 2.47 bits per heavy atom. The second kappa shape index (κ2) is 4.35. The maximum absolute atomic E-state index is 12.3. The number of nitrogens with one attached hydrogen (secondary N) is 1. The van der Waals surface area contributed by atoms with Gasteiger partial charge in [0.25, 0.3) is 0 Å². The van der Waals surface area contributed by atoms with Crippen LogP contribution in [0.5, 0.6) is 0 Å². The first-order valence-electron chi connectivity index (χ1n) is 5.91. The first-order chi connectivity index (χ1) is 7.28. The van der Waals surface area contributed by atoms with Crippen molar-refractivity contribution < 1.29 is 9.53 Å². The van der Waals surface area contributed by atoms with Gasteiger partial charge in [0.05, 0.1) is 12.1 Å². The molecule has 1 N–H and O–H groups in total. The molecular formula is C12H19NO2. The predicted molar refractivity (Wildman–Crippen MR) is 58.5 cm³/mol. The minimum absolute atomic E-state index is 0.169. The summed E-state index contributed by atoms with van der Waals surface area (Å²) < 4.78 is 5.45. The van der Waals surface area contributed by atoms with Gasteiger partial charge in [-0.25, -0.2) is 0 Å². The van der Waals surface area contributed by atoms with E-state index in [1.165, 1.54) is 0 Å². The zero-order valence-corrected chi connectivity index (χ0v) is 9.34. The fourth-order valence-corrected chi connectivity index (χ4v) is 2.41. The van der Waals surface area contributed by atoms with Gasteiger partial charge in [0.1, 0.15) is 0 Å². The number of rotatable bonds is 3. The van der Waals surface area contributed by atoms with Crippen LogP contribution >= 0.6 is 0 Å². The summed E-state index contributed by atoms with van der Waals surface area (Å²) >= 11 is 0. The number of hydrogen-bond donors (Lipinski definition) is 1. The fourth-order valence-electron chi connectivity index (χ4n) is 2.41. The van der Waals surface area contributed by atoms with Crippen molar-refractivity contribution in [2.24, 2.45) is 0 Å². The molecule has 84 valence electrons. The Hall–Kier alpha value is -0.830. The topological polar surface area (TPSA) is 38.3 Å². The molecule has 2 aliphatic rings. The number of ketones is 1. The highest BCUT2D eigenvalue weighted by atomic mass is 16.5. The van der Waals surface area contributed by atoms with Crippen molar-refractivity contribution in [1.82, 2.24) is 5.32 Å². The summed E-state index contributed by atoms with van der Waals surface area (Å²) in [7, 11) is 0. The number of ether oxygens (including phenoxy) is 1. The summed E-state index contributed by atoms with van der Waals surface area (Å²) in [5, 5.41) is 3.35. The monoisotopic (exact) mass is 209 g/mol. The van der Waals surface area contributed by atoms with Crippen molar-refractivity contribution >= 4 is 5.78 Å². The molecule has 0 amide bonds. The summed E-state index contributed by atoms with van der Waals surface area (Å²) in [6.07, 6.45) is 6.84. The van der Waals surface area contributed by atoms with Crippen LogP contribution in [0, 0.1) is 0 Å². The van der Waals surface area contributed by atoms with Gasteiger partial charge in [-0.3, -0.25) is 4.79 Å². The van der Waals surface area contributed by atoms with Crippen LogP contribution < -0.4 is 5.32 Å². The lowest BCUT2D eigenvalue weighted by atomic mass is 9.87. The third-order valence-electron chi connectivity index (χ3n) is 3.44. The van der Waals surface area contributed by atoms with Crippen LogP contribution in [0.15, 0.2) is 11.8 Å². The van der Waals surface area contributed by atoms with E-state index >= 15 is 0 Å². The van der Waals surface area contributed by atoms with Crippen molar-refractivity contribution in [2.75, 3.05) is 13.2 Å². The molecule has 0 saturated carbocycles. The first-order valence-corrected chi connectivity index (χ1v) is 5.91. The summed E-state index contributed by atoms with van der Waals surface area (Å²) in [5.41, 5.74) is -0.330. The van der Waals surface area contributed by atoms with Gasteiger partial charge >= 0.3 is 0 Å². The standard InChI is InChI=1S/C12H19NO2/c1-2-12(7-5-8-13-12)11(14)10-6-3-4-9-15-10/h6,13H,2-5,7-9H2,1H3. The van der Waals surface area contributed by atoms with Crippen molar-refractivity contribution in [3.63, 3.8) is 0 Å². The first kappa shape index (κ1) is 10.7. The van der Waals surface area contributed by atoms with E-state index in [0.717, 1.165) is 38.6 Å². The third-order valence-corrected chi connectivity index (χ3v) is 3.44. The summed E-state index contributed by atoms with van der Waals surface area (Å²) in [6, 6.07) is 0. The zero-order chi connectivity index (χ0) is 10.7. The van der Waals surface area contributed by atoms with Crippen LogP contribution in [0.2, 0.25) is 0 Å². The van der Waals surface area contributed by atoms with Gasteiger partial charge in [-0.15, -0.1) is 0 Å². The van der Waals surface area contributed by atoms with Crippen molar-refractivity contribution in [3.8, 4) is 0 Å². The lowest BCUT2D eigenvalue weighted by Gasteiger charge is -2.28. The SMILES string of the molecule is CCC1(C(=O)C2=CCCCO2)CCCN1. The van der Waals surface area contributed by atoms with Gasteiger partial charge in [-0.05, 0) is 44.7 Å². The molecule has 1 atom stereocenters. The van der Waals surface area contributed by atoms with Crippen molar-refractivity contribution in [2.45, 2.75) is 44.6 Å². The molecule has 0 aromatic carbocycles. The quantitative estimate of drug-likeness (QED) is 0.770. The van der Waals surface area contributed by atoms with Crippen LogP contribution in [0.4, 0.5) is 0 Å². The minimum atomic E-state index is -0.330. The van der Waals surface area contributed by atoms with Crippen LogP contribution in [0.3, 0.4) is 0 Å². The molecule has 1 saturated heterocycles. The van der Waals surface area contributed by atoms with Crippen LogP contribution in [0.1, 0.15) is 39.0 Å². The van der Waals surface area contributed by atoms with E-state index in [0.29, 0.717) is 12.4 Å². The molecule has 1 fully saturated rings. The molecule has 0 aromatic heterocycles. The largest absolute Gasteiger partial charge is 0.490 e. The maximum atomic E-state index is 12.3. The number of carbonyl (C=O) groups excluding carboxylic acids is 1. The Balaban J connectivity index is 2.14. The lowest BCUT2D eigenvalue weighted by molar-refractivity contribution is -0.125. The summed E-state index contributed by atoms with van der Waals surface area (Å²) in [6.45, 7) is 3.71. The number of carbonyl (C=O) groups is 1. The van der Waals surface area contributed by atoms with Crippen molar-refractivity contribution in [3.05, 3.63) is 11.8 Å². The number of Topliss-reactive ketones (excluding diaryl/α,β-unsaturated/α-hetero) is 1. The molecule has 0 aromatic rings. The van der Waals surface area contributed by atoms with Gasteiger partial charge in [-0.1, -0.05) is 6.92 Å². The molecule has 2 heterocycles. The van der Waals surface area contributed by atoms with Crippen LogP contribution in [0.25, 0.3) is 0 Å². The second-order valence-corrected chi connectivity index (χ2v) is 4.35. The third kappa shape index (κ3) is 1.93. The molecule has 3 nitrogen and oxygen atoms in total. The highest BCUT2D eigenvalue weighted by Crippen LogP contribution is 2.28. The smallest absolute Gasteiger partial charge is 0.216 e. The van der Waals surface area contributed by atoms with E-state index in [1.54, 1.807) is 0 Å². The number of hydrogen-bond acceptors (Lipinski definition) is 3. The van der Waals surface area contributed by atoms with E-state index in [2.05, 4.69) is 12.2 Å². The number of allylic oxidation sites excluding steroid dienone is 1. The Morgan fingerprint density at radius 1 is 1.60 bits per heavy atom. The van der Waals surface area contributed by atoms with E-state index in [9.17, 15) is 4.79 Å². The highest BCUT2D eigenvalue weighted by molar-refractivity contribution is 6.01. The molecule has 0 aliphatic carbocycles. The fraction of sp³-hybridized carbons (Fsp3) is 0.750. The Bertz CT molecular complexity index is 277. The van der Waals surface area contributed by atoms with Gasteiger partial charge in [-0.2, -0.15) is 0 Å². The minimum Gasteiger partial charge on any atom is -0.490 e. The Labute approximate surface area is 90.9 Å². The average molecular weight is 209 g/mol. The normalized spacial score (nSPS) is 30.9. The lowest BCUT2D eigenvalue weighted by Crippen LogP contribution is -2.48. The predicted octanol–water partition coefficient (Wildman–Crippen LogP) is 1.78. The van der Waals surface area contributed by atoms with E-state index in [4.69, 9.17) is 4.74 Å². The Kier molecular flexibility index (Phi) is 3.10. The molecule has 2 aliphatic heterocycles. The highest BCUT2D eigenvalue weighted by Gasteiger charge is 2.41. The maximum Gasteiger partial charge on any atom is 0.216 e. The van der Waals surface area contributed by atoms with E-state index in [1.807, 2.05) is 6.08 Å². The molecule has 15 heavy (non-hydrogen) atoms. The molecule has 0 radical (unpaired) electrons. The summed E-state index contributed by atoms with van der Waals surface area (Å²) in [4.78, 5) is 12.3. The van der Waals surface area contributed by atoms with Gasteiger partial charge in [0.15, 0.2) is 5.76 Å². The van der Waals surface area contributed by atoms with Crippen LogP contribution in [-0.4, -0.2) is 24.5 Å². The van der Waals surface area contributed by atoms with Crippen molar-refractivity contribution in [1.29, 1.82) is 0 Å². The molecule has 2 rings (SSSR count). The van der Waals surface area contributed by atoms with E-state index < -0.39 is 0 Å². The second-order valence-electron chi connectivity index (χ2n) is 4.35. The molecule has 3 heteroatoms. The Morgan fingerprint density at radius 3 is 3.00 bits per heavy atom. The average Bonchev–Trinajstić information content (AvgIpc) is 2.79. The molecule has 0 bridgehead atoms. The van der Waals surface area contributed by atoms with E-state index in [-0.39, 0.29) is 11.3 Å². The van der Waals surface area contributed by atoms with Crippen LogP contribution in [-0.2, 0) is 9.53 Å². The molecule has 1 unspecified atom stereocenters. The van der Waals surface area contributed by atoms with Gasteiger partial charge in [0, 0.05) is 0 Å². The van der Waals surface area contributed by atoms with Gasteiger partial charge < -0.3 is 10.1 Å². The zero-order valence-electron chi connectivity index (χ0n) is 9.34. The molecular weight excluding hydrogens is 190 g/mol. The van der Waals surface area contributed by atoms with Gasteiger partial charge in [0.2, 0.25) is 5.78 Å². The summed E-state index contributed by atoms with van der Waals surface area (Å²) in [5.74, 6) is 0.764. The molecule has 0 spiro atoms.